The standard InChI is InChI=1S/C11H12BrF3N2O/c1-2-16-6-10(18)17-7-3-4-9(12)8(5-7)11(13,14)15/h3-5,16H,2,6H2,1H3,(H,17,18). The Morgan fingerprint density at radius 3 is 2.61 bits per heavy atom. The lowest BCUT2D eigenvalue weighted by Gasteiger charge is -2.12. The highest BCUT2D eigenvalue weighted by atomic mass is 79.9. The highest BCUT2D eigenvalue weighted by Gasteiger charge is 2.33. The molecule has 18 heavy (non-hydrogen) atoms. The number of carbonyl (C=O) groups is 1. The number of anilines is 1. The molecule has 0 unspecified atom stereocenters. The van der Waals surface area contributed by atoms with E-state index in [4.69, 9.17) is 0 Å². The number of hydrogen-bond donors (Lipinski definition) is 2. The van der Waals surface area contributed by atoms with Crippen LogP contribution in [0.5, 0.6) is 0 Å². The monoisotopic (exact) mass is 324 g/mol. The van der Waals surface area contributed by atoms with Gasteiger partial charge in [0.05, 0.1) is 12.1 Å². The van der Waals surface area contributed by atoms with Gasteiger partial charge in [-0.05, 0) is 24.7 Å². The zero-order valence-corrected chi connectivity index (χ0v) is 11.2. The van der Waals surface area contributed by atoms with Crippen molar-refractivity contribution in [3.63, 3.8) is 0 Å². The molecule has 0 atom stereocenters. The normalized spacial score (nSPS) is 11.4. The maximum Gasteiger partial charge on any atom is 0.417 e. The third-order valence-electron chi connectivity index (χ3n) is 2.09. The molecular formula is C11H12BrF3N2O. The highest BCUT2D eigenvalue weighted by molar-refractivity contribution is 9.10. The van der Waals surface area contributed by atoms with Crippen molar-refractivity contribution in [2.24, 2.45) is 0 Å². The van der Waals surface area contributed by atoms with E-state index in [0.717, 1.165) is 6.07 Å². The second kappa shape index (κ2) is 6.19. The van der Waals surface area contributed by atoms with Gasteiger partial charge in [0.25, 0.3) is 0 Å². The Morgan fingerprint density at radius 2 is 2.06 bits per heavy atom. The van der Waals surface area contributed by atoms with Crippen LogP contribution in [0.15, 0.2) is 22.7 Å². The van der Waals surface area contributed by atoms with Crippen LogP contribution in [0.4, 0.5) is 18.9 Å². The molecule has 1 aromatic carbocycles. The van der Waals surface area contributed by atoms with Crippen molar-refractivity contribution >= 4 is 27.5 Å². The molecule has 100 valence electrons. The van der Waals surface area contributed by atoms with Crippen molar-refractivity contribution in [1.29, 1.82) is 0 Å². The Morgan fingerprint density at radius 1 is 1.39 bits per heavy atom. The number of benzene rings is 1. The Labute approximate surface area is 111 Å². The van der Waals surface area contributed by atoms with Crippen LogP contribution in [0.3, 0.4) is 0 Å². The zero-order valence-electron chi connectivity index (χ0n) is 9.57. The Bertz CT molecular complexity index is 435. The Hall–Kier alpha value is -1.08. The van der Waals surface area contributed by atoms with E-state index in [0.29, 0.717) is 6.54 Å². The van der Waals surface area contributed by atoms with Gasteiger partial charge in [-0.15, -0.1) is 0 Å². The van der Waals surface area contributed by atoms with Gasteiger partial charge in [-0.3, -0.25) is 4.79 Å². The maximum atomic E-state index is 12.6. The molecule has 0 bridgehead atoms. The van der Waals surface area contributed by atoms with E-state index < -0.39 is 11.7 Å². The summed E-state index contributed by atoms with van der Waals surface area (Å²) in [7, 11) is 0. The molecular weight excluding hydrogens is 313 g/mol. The van der Waals surface area contributed by atoms with Gasteiger partial charge in [-0.1, -0.05) is 22.9 Å². The number of rotatable bonds is 4. The van der Waals surface area contributed by atoms with Crippen molar-refractivity contribution in [2.45, 2.75) is 13.1 Å². The van der Waals surface area contributed by atoms with E-state index in [2.05, 4.69) is 26.6 Å². The van der Waals surface area contributed by atoms with Crippen LogP contribution >= 0.6 is 15.9 Å². The number of amides is 1. The first-order valence-electron chi connectivity index (χ1n) is 5.22. The van der Waals surface area contributed by atoms with Crippen LogP contribution < -0.4 is 10.6 Å². The van der Waals surface area contributed by atoms with Crippen molar-refractivity contribution in [3.8, 4) is 0 Å². The van der Waals surface area contributed by atoms with Gasteiger partial charge >= 0.3 is 6.18 Å². The first-order chi connectivity index (χ1) is 8.34. The third-order valence-corrected chi connectivity index (χ3v) is 2.78. The largest absolute Gasteiger partial charge is 0.417 e. The summed E-state index contributed by atoms with van der Waals surface area (Å²) in [5, 5.41) is 5.18. The Balaban J connectivity index is 2.83. The summed E-state index contributed by atoms with van der Waals surface area (Å²) in [5.41, 5.74) is -0.697. The summed E-state index contributed by atoms with van der Waals surface area (Å²) < 4.78 is 37.8. The minimum Gasteiger partial charge on any atom is -0.325 e. The number of nitrogens with one attached hydrogen (secondary N) is 2. The van der Waals surface area contributed by atoms with Crippen molar-refractivity contribution in [3.05, 3.63) is 28.2 Å². The van der Waals surface area contributed by atoms with E-state index in [1.165, 1.54) is 12.1 Å². The number of alkyl halides is 3. The van der Waals surface area contributed by atoms with Crippen molar-refractivity contribution in [1.82, 2.24) is 5.32 Å². The quantitative estimate of drug-likeness (QED) is 0.893. The smallest absolute Gasteiger partial charge is 0.325 e. The second-order valence-corrected chi connectivity index (χ2v) is 4.38. The van der Waals surface area contributed by atoms with Gasteiger partial charge in [-0.2, -0.15) is 13.2 Å². The fraction of sp³-hybridized carbons (Fsp3) is 0.364. The molecule has 2 N–H and O–H groups in total. The average molecular weight is 325 g/mol. The molecule has 0 saturated heterocycles. The van der Waals surface area contributed by atoms with Gasteiger partial charge in [0.2, 0.25) is 5.91 Å². The van der Waals surface area contributed by atoms with Crippen LogP contribution in [0.1, 0.15) is 12.5 Å². The third kappa shape index (κ3) is 4.30. The summed E-state index contributed by atoms with van der Waals surface area (Å²) in [6.07, 6.45) is -4.46. The molecule has 7 heteroatoms. The molecule has 0 aliphatic carbocycles. The minimum absolute atomic E-state index is 0.0558. The fourth-order valence-corrected chi connectivity index (χ4v) is 1.74. The van der Waals surface area contributed by atoms with Gasteiger partial charge < -0.3 is 10.6 Å². The zero-order chi connectivity index (χ0) is 13.8. The molecule has 1 aromatic rings. The molecule has 0 heterocycles. The lowest BCUT2D eigenvalue weighted by molar-refractivity contribution is -0.138. The summed E-state index contributed by atoms with van der Waals surface area (Å²) in [6.45, 7) is 2.50. The second-order valence-electron chi connectivity index (χ2n) is 3.52. The molecule has 0 aliphatic rings. The highest BCUT2D eigenvalue weighted by Crippen LogP contribution is 2.36. The molecule has 0 aromatic heterocycles. The number of carbonyl (C=O) groups excluding carboxylic acids is 1. The molecule has 0 radical (unpaired) electrons. The minimum atomic E-state index is -4.46. The van der Waals surface area contributed by atoms with Crippen LogP contribution in [-0.2, 0) is 11.0 Å². The van der Waals surface area contributed by atoms with Crippen LogP contribution in [0, 0.1) is 0 Å². The molecule has 0 aliphatic heterocycles. The molecule has 3 nitrogen and oxygen atoms in total. The maximum absolute atomic E-state index is 12.6. The first kappa shape index (κ1) is 15.0. The number of hydrogen-bond acceptors (Lipinski definition) is 2. The van der Waals surface area contributed by atoms with Gasteiger partial charge in [0.1, 0.15) is 0 Å². The van der Waals surface area contributed by atoms with Crippen LogP contribution in [-0.4, -0.2) is 19.0 Å². The summed E-state index contributed by atoms with van der Waals surface area (Å²) in [4.78, 5) is 11.4. The van der Waals surface area contributed by atoms with E-state index in [9.17, 15) is 18.0 Å². The fourth-order valence-electron chi connectivity index (χ4n) is 1.26. The topological polar surface area (TPSA) is 41.1 Å². The van der Waals surface area contributed by atoms with E-state index >= 15 is 0 Å². The molecule has 0 saturated carbocycles. The van der Waals surface area contributed by atoms with Gasteiger partial charge in [0.15, 0.2) is 0 Å². The van der Waals surface area contributed by atoms with E-state index in [-0.39, 0.29) is 22.6 Å². The number of likely N-dealkylation sites (N-methyl/N-ethyl adjacent to an activating group) is 1. The summed E-state index contributed by atoms with van der Waals surface area (Å²) >= 11 is 2.83. The molecule has 1 rings (SSSR count). The summed E-state index contributed by atoms with van der Waals surface area (Å²) in [6, 6.07) is 3.56. The first-order valence-corrected chi connectivity index (χ1v) is 6.01. The number of halogens is 4. The SMILES string of the molecule is CCNCC(=O)Nc1ccc(Br)c(C(F)(F)F)c1. The predicted octanol–water partition coefficient (Wildman–Crippen LogP) is 3.02. The lowest BCUT2D eigenvalue weighted by atomic mass is 10.2. The predicted molar refractivity (Wildman–Crippen MR) is 66.3 cm³/mol. The van der Waals surface area contributed by atoms with Crippen molar-refractivity contribution in [2.75, 3.05) is 18.4 Å². The molecule has 0 spiro atoms. The van der Waals surface area contributed by atoms with Crippen molar-refractivity contribution < 1.29 is 18.0 Å². The molecule has 1 amide bonds. The van der Waals surface area contributed by atoms with E-state index in [1.54, 1.807) is 0 Å². The van der Waals surface area contributed by atoms with Gasteiger partial charge in [0, 0.05) is 10.2 Å². The lowest BCUT2D eigenvalue weighted by Crippen LogP contribution is -2.27. The Kier molecular flexibility index (Phi) is 5.15. The summed E-state index contributed by atoms with van der Waals surface area (Å²) in [5.74, 6) is -0.382. The van der Waals surface area contributed by atoms with Crippen LogP contribution in [0.25, 0.3) is 0 Å². The molecule has 0 fully saturated rings. The average Bonchev–Trinajstić information content (AvgIpc) is 2.27. The van der Waals surface area contributed by atoms with Crippen LogP contribution in [0.2, 0.25) is 0 Å². The van der Waals surface area contributed by atoms with E-state index in [1.807, 2.05) is 6.92 Å². The van der Waals surface area contributed by atoms with Gasteiger partial charge in [-0.25, -0.2) is 0 Å².